The molecule has 0 unspecified atom stereocenters. The number of ether oxygens (including phenoxy) is 1. The van der Waals surface area contributed by atoms with Crippen molar-refractivity contribution in [3.8, 4) is 17.0 Å². The van der Waals surface area contributed by atoms with Crippen LogP contribution < -0.4 is 10.5 Å². The van der Waals surface area contributed by atoms with Crippen molar-refractivity contribution < 1.29 is 31.5 Å². The third kappa shape index (κ3) is 3.30. The number of hydrogen-bond donors (Lipinski definition) is 2. The summed E-state index contributed by atoms with van der Waals surface area (Å²) in [7, 11) is 0. The molecule has 0 saturated heterocycles. The maximum absolute atomic E-state index is 13.7. The Kier molecular flexibility index (Phi) is 3.97. The first kappa shape index (κ1) is 15.7. The zero-order chi connectivity index (χ0) is 16.5. The molecule has 0 aliphatic heterocycles. The van der Waals surface area contributed by atoms with Crippen molar-refractivity contribution in [1.29, 1.82) is 0 Å². The first-order valence-corrected chi connectivity index (χ1v) is 5.58. The van der Waals surface area contributed by atoms with Crippen molar-refractivity contribution in [2.75, 3.05) is 6.61 Å². The molecule has 1 aromatic carbocycles. The fourth-order valence-electron chi connectivity index (χ4n) is 1.59. The van der Waals surface area contributed by atoms with Crippen LogP contribution in [0.5, 0.6) is 5.75 Å². The first-order valence-electron chi connectivity index (χ1n) is 5.58. The van der Waals surface area contributed by atoms with Gasteiger partial charge in [0.05, 0.1) is 0 Å². The van der Waals surface area contributed by atoms with E-state index in [0.29, 0.717) is 12.1 Å². The van der Waals surface area contributed by atoms with Crippen LogP contribution in [0.4, 0.5) is 22.0 Å². The molecule has 11 heteroatoms. The molecule has 0 spiro atoms. The van der Waals surface area contributed by atoms with Crippen LogP contribution in [-0.2, 0) is 0 Å². The second kappa shape index (κ2) is 5.58. The van der Waals surface area contributed by atoms with E-state index < -0.39 is 36.1 Å². The number of carbonyl (C=O) groups is 1. The van der Waals surface area contributed by atoms with Crippen LogP contribution in [0.3, 0.4) is 0 Å². The van der Waals surface area contributed by atoms with Crippen LogP contribution in [0.1, 0.15) is 10.5 Å². The highest BCUT2D eigenvalue weighted by Crippen LogP contribution is 2.30. The molecule has 1 aromatic heterocycles. The van der Waals surface area contributed by atoms with Gasteiger partial charge in [0.1, 0.15) is 5.69 Å². The van der Waals surface area contributed by atoms with E-state index in [4.69, 9.17) is 5.73 Å². The van der Waals surface area contributed by atoms with E-state index in [1.165, 1.54) is 0 Å². The van der Waals surface area contributed by atoms with Gasteiger partial charge in [0.2, 0.25) is 0 Å². The Morgan fingerprint density at radius 1 is 1.23 bits per heavy atom. The number of nitrogens with one attached hydrogen (secondary N) is 1. The smallest absolute Gasteiger partial charge is 0.422 e. The molecule has 0 saturated carbocycles. The number of hydrogen-bond acceptors (Lipinski definition) is 4. The average molecular weight is 322 g/mol. The number of benzene rings is 1. The van der Waals surface area contributed by atoms with E-state index in [2.05, 4.69) is 20.1 Å². The minimum Gasteiger partial charge on any atom is -0.478 e. The minimum absolute atomic E-state index is 0.239. The topological polar surface area (TPSA) is 93.9 Å². The van der Waals surface area contributed by atoms with Gasteiger partial charge in [0, 0.05) is 5.56 Å². The second-order valence-electron chi connectivity index (χ2n) is 4.06. The lowest BCUT2D eigenvalue weighted by molar-refractivity contribution is -0.154. The summed E-state index contributed by atoms with van der Waals surface area (Å²) in [5.41, 5.74) is 4.14. The lowest BCUT2D eigenvalue weighted by atomic mass is 10.1. The number of nitrogens with two attached hydrogens (primary N) is 1. The van der Waals surface area contributed by atoms with Gasteiger partial charge in [-0.15, -0.1) is 0 Å². The van der Waals surface area contributed by atoms with Gasteiger partial charge >= 0.3 is 6.18 Å². The van der Waals surface area contributed by atoms with Crippen molar-refractivity contribution in [1.82, 2.24) is 15.4 Å². The zero-order valence-electron chi connectivity index (χ0n) is 10.5. The van der Waals surface area contributed by atoms with Crippen LogP contribution in [0.15, 0.2) is 12.1 Å². The Hall–Kier alpha value is -2.72. The molecule has 22 heavy (non-hydrogen) atoms. The highest BCUT2D eigenvalue weighted by molar-refractivity contribution is 5.96. The van der Waals surface area contributed by atoms with Gasteiger partial charge in [0.15, 0.2) is 29.7 Å². The first-order chi connectivity index (χ1) is 10.2. The van der Waals surface area contributed by atoms with Crippen molar-refractivity contribution in [3.63, 3.8) is 0 Å². The maximum Gasteiger partial charge on any atom is 0.422 e. The number of halogens is 5. The largest absolute Gasteiger partial charge is 0.478 e. The van der Waals surface area contributed by atoms with Gasteiger partial charge in [0.25, 0.3) is 5.91 Å². The van der Waals surface area contributed by atoms with E-state index in [1.807, 2.05) is 0 Å². The van der Waals surface area contributed by atoms with Gasteiger partial charge in [-0.1, -0.05) is 0 Å². The van der Waals surface area contributed by atoms with E-state index >= 15 is 0 Å². The standard InChI is InChI=1S/C11H7F5N4O2/c12-5-1-4(7-8(10(17)21)19-20-18-7)2-6(13)9(5)22-3-11(14,15)16/h1-2H,3H2,(H2,17,21)(H,18,19,20). The molecule has 2 aromatic rings. The maximum atomic E-state index is 13.7. The molecule has 6 nitrogen and oxygen atoms in total. The fraction of sp³-hybridized carbons (Fsp3) is 0.182. The van der Waals surface area contributed by atoms with E-state index in [0.717, 1.165) is 0 Å². The Morgan fingerprint density at radius 2 is 1.82 bits per heavy atom. The van der Waals surface area contributed by atoms with Gasteiger partial charge in [-0.3, -0.25) is 4.79 Å². The van der Waals surface area contributed by atoms with Gasteiger partial charge < -0.3 is 10.5 Å². The lowest BCUT2D eigenvalue weighted by Crippen LogP contribution is -2.20. The highest BCUT2D eigenvalue weighted by atomic mass is 19.4. The SMILES string of the molecule is NC(=O)c1n[nH]nc1-c1cc(F)c(OCC(F)(F)F)c(F)c1. The third-order valence-electron chi connectivity index (χ3n) is 2.43. The summed E-state index contributed by atoms with van der Waals surface area (Å²) < 4.78 is 67.5. The molecule has 118 valence electrons. The molecule has 0 aliphatic rings. The molecule has 3 N–H and O–H groups in total. The number of rotatable bonds is 4. The van der Waals surface area contributed by atoms with Crippen molar-refractivity contribution in [3.05, 3.63) is 29.5 Å². The molecule has 0 bridgehead atoms. The molecule has 1 heterocycles. The molecular formula is C11H7F5N4O2. The van der Waals surface area contributed by atoms with E-state index in [-0.39, 0.29) is 17.0 Å². The average Bonchev–Trinajstić information content (AvgIpc) is 2.85. The number of carbonyl (C=O) groups excluding carboxylic acids is 1. The molecule has 2 rings (SSSR count). The third-order valence-corrected chi connectivity index (χ3v) is 2.43. The minimum atomic E-state index is -4.75. The Balaban J connectivity index is 2.38. The van der Waals surface area contributed by atoms with Crippen LogP contribution in [0.2, 0.25) is 0 Å². The number of alkyl halides is 3. The Morgan fingerprint density at radius 3 is 2.32 bits per heavy atom. The van der Waals surface area contributed by atoms with E-state index in [9.17, 15) is 26.7 Å². The van der Waals surface area contributed by atoms with Crippen LogP contribution in [0.25, 0.3) is 11.3 Å². The highest BCUT2D eigenvalue weighted by Gasteiger charge is 2.30. The summed E-state index contributed by atoms with van der Waals surface area (Å²) in [6.07, 6.45) is -4.75. The van der Waals surface area contributed by atoms with Gasteiger partial charge in [-0.25, -0.2) is 8.78 Å². The molecule has 0 atom stereocenters. The van der Waals surface area contributed by atoms with Crippen LogP contribution in [-0.4, -0.2) is 34.1 Å². The van der Waals surface area contributed by atoms with Gasteiger partial charge in [-0.2, -0.15) is 28.6 Å². The Labute approximate surface area is 119 Å². The normalized spacial score (nSPS) is 11.5. The second-order valence-corrected chi connectivity index (χ2v) is 4.06. The van der Waals surface area contributed by atoms with Crippen LogP contribution >= 0.6 is 0 Å². The fourth-order valence-corrected chi connectivity index (χ4v) is 1.59. The molecular weight excluding hydrogens is 315 g/mol. The molecule has 1 amide bonds. The number of H-pyrrole nitrogens is 1. The Bertz CT molecular complexity index is 690. The number of amides is 1. The summed E-state index contributed by atoms with van der Waals surface area (Å²) in [5.74, 6) is -4.97. The predicted molar refractivity (Wildman–Crippen MR) is 61.8 cm³/mol. The number of primary amides is 1. The lowest BCUT2D eigenvalue weighted by Gasteiger charge is -2.11. The summed E-state index contributed by atoms with van der Waals surface area (Å²) in [5, 5.41) is 8.97. The summed E-state index contributed by atoms with van der Waals surface area (Å²) in [6.45, 7) is -1.85. The molecule has 0 radical (unpaired) electrons. The van der Waals surface area contributed by atoms with E-state index in [1.54, 1.807) is 0 Å². The van der Waals surface area contributed by atoms with Crippen molar-refractivity contribution in [2.24, 2.45) is 5.73 Å². The number of aromatic amines is 1. The number of aromatic nitrogens is 3. The van der Waals surface area contributed by atoms with Gasteiger partial charge in [-0.05, 0) is 12.1 Å². The summed E-state index contributed by atoms with van der Waals surface area (Å²) >= 11 is 0. The molecule has 0 fully saturated rings. The van der Waals surface area contributed by atoms with Crippen molar-refractivity contribution in [2.45, 2.75) is 6.18 Å². The number of nitrogens with zero attached hydrogens (tertiary/aromatic N) is 2. The monoisotopic (exact) mass is 322 g/mol. The predicted octanol–water partition coefficient (Wildman–Crippen LogP) is 1.79. The molecule has 0 aliphatic carbocycles. The zero-order valence-corrected chi connectivity index (χ0v) is 10.5. The summed E-state index contributed by atoms with van der Waals surface area (Å²) in [4.78, 5) is 11.1. The quantitative estimate of drug-likeness (QED) is 0.839. The summed E-state index contributed by atoms with van der Waals surface area (Å²) in [6, 6.07) is 1.30. The van der Waals surface area contributed by atoms with Crippen LogP contribution in [0, 0.1) is 11.6 Å². The van der Waals surface area contributed by atoms with Crippen molar-refractivity contribution >= 4 is 5.91 Å².